The molecule has 1 heterocycles. The topological polar surface area (TPSA) is 12.4 Å². The highest BCUT2D eigenvalue weighted by Crippen LogP contribution is 2.63. The van der Waals surface area contributed by atoms with Crippen molar-refractivity contribution in [2.24, 2.45) is 10.4 Å². The van der Waals surface area contributed by atoms with E-state index in [0.717, 1.165) is 6.54 Å². The highest BCUT2D eigenvalue weighted by atomic mass is 32.2. The zero-order valence-corrected chi connectivity index (χ0v) is 16.6. The van der Waals surface area contributed by atoms with E-state index < -0.39 is 0 Å². The third kappa shape index (κ3) is 4.87. The number of aliphatic imine (C=N–C) groups is 1. The van der Waals surface area contributed by atoms with Gasteiger partial charge >= 0.3 is 0 Å². The van der Waals surface area contributed by atoms with Gasteiger partial charge < -0.3 is 0 Å². The first-order valence-corrected chi connectivity index (χ1v) is 11.2. The predicted molar refractivity (Wildman–Crippen MR) is 107 cm³/mol. The Morgan fingerprint density at radius 1 is 0.870 bits per heavy atom. The molecule has 0 saturated carbocycles. The van der Waals surface area contributed by atoms with Crippen LogP contribution in [0.2, 0.25) is 0 Å². The lowest BCUT2D eigenvalue weighted by molar-refractivity contribution is 0.403. The van der Waals surface area contributed by atoms with Crippen LogP contribution < -0.4 is 0 Å². The van der Waals surface area contributed by atoms with Crippen molar-refractivity contribution in [3.05, 3.63) is 11.1 Å². The summed E-state index contributed by atoms with van der Waals surface area (Å²) in [6.45, 7) is 8.01. The molecule has 0 fully saturated rings. The number of thioether (sulfide) groups is 1. The second-order valence-electron chi connectivity index (χ2n) is 7.34. The third-order valence-electron chi connectivity index (χ3n) is 5.54. The maximum atomic E-state index is 4.85. The van der Waals surface area contributed by atoms with Crippen LogP contribution in [0.1, 0.15) is 97.8 Å². The standard InChI is InChI=1S/C21H37NS/c1-4-7-10-13-18-19(20-22-16-17-23-20)21(18,14-11-8-5-2)15-12-9-6-3/h4-17H2,1-3H3. The van der Waals surface area contributed by atoms with Crippen molar-refractivity contribution >= 4 is 16.8 Å². The van der Waals surface area contributed by atoms with Gasteiger partial charge in [-0.3, -0.25) is 4.99 Å². The maximum absolute atomic E-state index is 4.85. The van der Waals surface area contributed by atoms with Gasteiger partial charge in [0, 0.05) is 17.7 Å². The van der Waals surface area contributed by atoms with Gasteiger partial charge in [-0.15, -0.1) is 11.8 Å². The van der Waals surface area contributed by atoms with Gasteiger partial charge in [0.1, 0.15) is 0 Å². The van der Waals surface area contributed by atoms with Crippen LogP contribution in [0.15, 0.2) is 16.1 Å². The van der Waals surface area contributed by atoms with Gasteiger partial charge in [0.05, 0.1) is 5.04 Å². The highest BCUT2D eigenvalue weighted by molar-refractivity contribution is 8.14. The normalized spacial score (nSPS) is 19.3. The number of unbranched alkanes of at least 4 members (excludes halogenated alkanes) is 6. The molecule has 1 nitrogen and oxygen atoms in total. The molecule has 0 unspecified atom stereocenters. The molecule has 0 amide bonds. The summed E-state index contributed by atoms with van der Waals surface area (Å²) in [7, 11) is 0. The molecule has 0 bridgehead atoms. The van der Waals surface area contributed by atoms with Crippen molar-refractivity contribution in [3.8, 4) is 0 Å². The van der Waals surface area contributed by atoms with E-state index in [1.807, 2.05) is 17.3 Å². The molecule has 0 aromatic rings. The van der Waals surface area contributed by atoms with Crippen LogP contribution in [0.25, 0.3) is 0 Å². The second-order valence-corrected chi connectivity index (χ2v) is 8.43. The highest BCUT2D eigenvalue weighted by Gasteiger charge is 2.53. The summed E-state index contributed by atoms with van der Waals surface area (Å²) < 4.78 is 0. The summed E-state index contributed by atoms with van der Waals surface area (Å²) in [6, 6.07) is 0. The lowest BCUT2D eigenvalue weighted by Crippen LogP contribution is -2.11. The SMILES string of the molecule is CCCCCC1=C(C2=NCCS2)C1(CCCCC)CCCCC. The van der Waals surface area contributed by atoms with E-state index in [2.05, 4.69) is 20.8 Å². The first-order chi connectivity index (χ1) is 11.3. The number of nitrogens with zero attached hydrogens (tertiary/aromatic N) is 1. The third-order valence-corrected chi connectivity index (χ3v) is 6.53. The molecular formula is C21H37NS. The molecule has 2 rings (SSSR count). The van der Waals surface area contributed by atoms with Crippen LogP contribution in [-0.2, 0) is 0 Å². The molecule has 0 radical (unpaired) electrons. The van der Waals surface area contributed by atoms with Gasteiger partial charge in [0.2, 0.25) is 0 Å². The van der Waals surface area contributed by atoms with Crippen molar-refractivity contribution in [1.29, 1.82) is 0 Å². The van der Waals surface area contributed by atoms with Crippen LogP contribution in [0, 0.1) is 5.41 Å². The van der Waals surface area contributed by atoms with Gasteiger partial charge in [-0.2, -0.15) is 0 Å². The van der Waals surface area contributed by atoms with Gasteiger partial charge in [0.25, 0.3) is 0 Å². The fraction of sp³-hybridized carbons (Fsp3) is 0.857. The minimum absolute atomic E-state index is 0.480. The lowest BCUT2D eigenvalue weighted by Gasteiger charge is -2.21. The van der Waals surface area contributed by atoms with Crippen LogP contribution >= 0.6 is 11.8 Å². The van der Waals surface area contributed by atoms with Gasteiger partial charge in [-0.05, 0) is 31.3 Å². The first-order valence-electron chi connectivity index (χ1n) is 10.2. The number of allylic oxidation sites excluding steroid dienone is 1. The molecule has 1 aliphatic carbocycles. The molecule has 0 N–H and O–H groups in total. The number of hydrogen-bond donors (Lipinski definition) is 0. The molecule has 0 spiro atoms. The van der Waals surface area contributed by atoms with E-state index in [-0.39, 0.29) is 0 Å². The fourth-order valence-electron chi connectivity index (χ4n) is 4.19. The van der Waals surface area contributed by atoms with Gasteiger partial charge in [0.15, 0.2) is 0 Å². The second kappa shape index (κ2) is 9.91. The average Bonchev–Trinajstić information content (AvgIpc) is 2.91. The Labute approximate surface area is 148 Å². The summed E-state index contributed by atoms with van der Waals surface area (Å²) in [6.07, 6.45) is 16.5. The van der Waals surface area contributed by atoms with Crippen molar-refractivity contribution in [2.45, 2.75) is 97.8 Å². The van der Waals surface area contributed by atoms with E-state index in [4.69, 9.17) is 4.99 Å². The Bertz CT molecular complexity index is 412. The van der Waals surface area contributed by atoms with E-state index in [9.17, 15) is 0 Å². The Morgan fingerprint density at radius 3 is 2.00 bits per heavy atom. The smallest absolute Gasteiger partial charge is 0.0946 e. The molecule has 0 aromatic heterocycles. The molecule has 23 heavy (non-hydrogen) atoms. The van der Waals surface area contributed by atoms with Gasteiger partial charge in [-0.1, -0.05) is 77.7 Å². The largest absolute Gasteiger partial charge is 0.277 e. The average molecular weight is 336 g/mol. The zero-order valence-electron chi connectivity index (χ0n) is 15.8. The van der Waals surface area contributed by atoms with Crippen molar-refractivity contribution in [2.75, 3.05) is 12.3 Å². The fourth-order valence-corrected chi connectivity index (χ4v) is 5.21. The van der Waals surface area contributed by atoms with E-state index >= 15 is 0 Å². The Balaban J connectivity index is 2.06. The van der Waals surface area contributed by atoms with Crippen molar-refractivity contribution in [1.82, 2.24) is 0 Å². The summed E-state index contributed by atoms with van der Waals surface area (Å²) in [5, 5.41) is 1.43. The van der Waals surface area contributed by atoms with Crippen molar-refractivity contribution in [3.63, 3.8) is 0 Å². The van der Waals surface area contributed by atoms with Crippen LogP contribution in [0.3, 0.4) is 0 Å². The Morgan fingerprint density at radius 2 is 1.48 bits per heavy atom. The van der Waals surface area contributed by atoms with E-state index in [1.54, 1.807) is 5.57 Å². The van der Waals surface area contributed by atoms with Crippen LogP contribution in [0.5, 0.6) is 0 Å². The maximum Gasteiger partial charge on any atom is 0.0946 e. The van der Waals surface area contributed by atoms with E-state index in [1.165, 1.54) is 87.8 Å². The summed E-state index contributed by atoms with van der Waals surface area (Å²) in [5.74, 6) is 1.21. The van der Waals surface area contributed by atoms with Crippen molar-refractivity contribution < 1.29 is 0 Å². The quantitative estimate of drug-likeness (QED) is 0.325. The van der Waals surface area contributed by atoms with E-state index in [0.29, 0.717) is 5.41 Å². The Kier molecular flexibility index (Phi) is 8.23. The summed E-state index contributed by atoms with van der Waals surface area (Å²) >= 11 is 2.03. The van der Waals surface area contributed by atoms with Gasteiger partial charge in [-0.25, -0.2) is 0 Å². The lowest BCUT2D eigenvalue weighted by atomic mass is 9.84. The van der Waals surface area contributed by atoms with Crippen LogP contribution in [-0.4, -0.2) is 17.3 Å². The molecular weight excluding hydrogens is 298 g/mol. The molecule has 0 saturated heterocycles. The minimum atomic E-state index is 0.480. The number of hydrogen-bond acceptors (Lipinski definition) is 2. The molecule has 0 aromatic carbocycles. The molecule has 2 heteroatoms. The number of rotatable bonds is 13. The zero-order chi connectivity index (χ0) is 16.5. The minimum Gasteiger partial charge on any atom is -0.277 e. The monoisotopic (exact) mass is 335 g/mol. The summed E-state index contributed by atoms with van der Waals surface area (Å²) in [5.41, 5.74) is 4.03. The van der Waals surface area contributed by atoms with Crippen LogP contribution in [0.4, 0.5) is 0 Å². The molecule has 2 aliphatic rings. The first kappa shape index (κ1) is 19.1. The predicted octanol–water partition coefficient (Wildman–Crippen LogP) is 7.17. The summed E-state index contributed by atoms with van der Waals surface area (Å²) in [4.78, 5) is 4.85. The Hall–Kier alpha value is -0.240. The molecule has 1 aliphatic heterocycles. The molecule has 0 atom stereocenters. The molecule has 132 valence electrons.